The van der Waals surface area contributed by atoms with Crippen LogP contribution in [0.3, 0.4) is 0 Å². The van der Waals surface area contributed by atoms with Crippen molar-refractivity contribution in [2.45, 2.75) is 6.54 Å². The smallest absolute Gasteiger partial charge is 0.130 e. The monoisotopic (exact) mass is 188 g/mol. The van der Waals surface area contributed by atoms with Crippen LogP contribution >= 0.6 is 0 Å². The van der Waals surface area contributed by atoms with Crippen LogP contribution in [0.4, 0.5) is 0 Å². The van der Waals surface area contributed by atoms with Gasteiger partial charge in [-0.2, -0.15) is 0 Å². The maximum Gasteiger partial charge on any atom is 0.130 e. The lowest BCUT2D eigenvalue weighted by molar-refractivity contribution is 0.419. The minimum atomic E-state index is 0.432. The molecule has 0 radical (unpaired) electrons. The average molecular weight is 188 g/mol. The molecular formula is C11H12N2O. The van der Waals surface area contributed by atoms with Crippen molar-refractivity contribution < 1.29 is 4.74 Å². The Balaban J connectivity index is 2.73. The van der Waals surface area contributed by atoms with E-state index in [9.17, 15) is 0 Å². The Labute approximate surface area is 82.5 Å². The lowest BCUT2D eigenvalue weighted by Crippen LogP contribution is -2.00. The number of fused-ring (bicyclic) bond motifs is 1. The highest BCUT2D eigenvalue weighted by Gasteiger charge is 2.03. The zero-order valence-corrected chi connectivity index (χ0v) is 8.03. The lowest BCUT2D eigenvalue weighted by atomic mass is 10.2. The summed E-state index contributed by atoms with van der Waals surface area (Å²) in [6, 6.07) is 9.74. The van der Waals surface area contributed by atoms with Crippen molar-refractivity contribution in [3.8, 4) is 5.75 Å². The fraction of sp³-hybridized carbons (Fsp3) is 0.182. The second-order valence-electron chi connectivity index (χ2n) is 3.04. The quantitative estimate of drug-likeness (QED) is 0.780. The van der Waals surface area contributed by atoms with Crippen molar-refractivity contribution in [2.24, 2.45) is 5.73 Å². The molecule has 0 aliphatic carbocycles. The van der Waals surface area contributed by atoms with Crippen molar-refractivity contribution >= 4 is 10.9 Å². The first kappa shape index (κ1) is 8.97. The van der Waals surface area contributed by atoms with Gasteiger partial charge in [0, 0.05) is 18.0 Å². The van der Waals surface area contributed by atoms with Crippen molar-refractivity contribution in [2.75, 3.05) is 7.11 Å². The molecule has 0 saturated heterocycles. The van der Waals surface area contributed by atoms with Crippen LogP contribution in [0.5, 0.6) is 5.75 Å². The van der Waals surface area contributed by atoms with E-state index in [-0.39, 0.29) is 0 Å². The van der Waals surface area contributed by atoms with Crippen LogP contribution in [0, 0.1) is 0 Å². The van der Waals surface area contributed by atoms with Crippen LogP contribution in [-0.2, 0) is 6.54 Å². The molecular weight excluding hydrogens is 176 g/mol. The summed E-state index contributed by atoms with van der Waals surface area (Å²) in [5.41, 5.74) is 7.32. The summed E-state index contributed by atoms with van der Waals surface area (Å²) in [4.78, 5) is 4.40. The number of methoxy groups -OCH3 is 1. The Morgan fingerprint density at radius 1 is 1.36 bits per heavy atom. The number of pyridine rings is 1. The van der Waals surface area contributed by atoms with Crippen molar-refractivity contribution in [1.82, 2.24) is 4.98 Å². The molecule has 2 aromatic rings. The molecule has 0 fully saturated rings. The SMILES string of the molecule is COc1cc(CN)nc2ccccc12. The summed E-state index contributed by atoms with van der Waals surface area (Å²) in [5, 5.41) is 1.02. The van der Waals surface area contributed by atoms with Crippen LogP contribution < -0.4 is 10.5 Å². The van der Waals surface area contributed by atoms with Gasteiger partial charge in [0.25, 0.3) is 0 Å². The molecule has 0 aliphatic heterocycles. The molecule has 1 heterocycles. The molecule has 0 aliphatic rings. The molecule has 0 amide bonds. The predicted octanol–water partition coefficient (Wildman–Crippen LogP) is 1.70. The molecule has 14 heavy (non-hydrogen) atoms. The fourth-order valence-corrected chi connectivity index (χ4v) is 1.47. The molecule has 1 aromatic heterocycles. The highest BCUT2D eigenvalue weighted by molar-refractivity contribution is 5.85. The number of ether oxygens (including phenoxy) is 1. The first-order valence-corrected chi connectivity index (χ1v) is 4.48. The van der Waals surface area contributed by atoms with Crippen molar-refractivity contribution in [3.05, 3.63) is 36.0 Å². The predicted molar refractivity (Wildman–Crippen MR) is 56.2 cm³/mol. The summed E-state index contributed by atoms with van der Waals surface area (Å²) in [6.45, 7) is 0.432. The summed E-state index contributed by atoms with van der Waals surface area (Å²) >= 11 is 0. The molecule has 3 heteroatoms. The van der Waals surface area contributed by atoms with Crippen LogP contribution in [0.25, 0.3) is 10.9 Å². The zero-order valence-electron chi connectivity index (χ0n) is 8.03. The average Bonchev–Trinajstić information content (AvgIpc) is 2.27. The molecule has 72 valence electrons. The van der Waals surface area contributed by atoms with Crippen molar-refractivity contribution in [1.29, 1.82) is 0 Å². The molecule has 2 rings (SSSR count). The minimum absolute atomic E-state index is 0.432. The zero-order chi connectivity index (χ0) is 9.97. The van der Waals surface area contributed by atoms with Crippen LogP contribution in [0.15, 0.2) is 30.3 Å². The third-order valence-electron chi connectivity index (χ3n) is 2.16. The van der Waals surface area contributed by atoms with Gasteiger partial charge in [-0.15, -0.1) is 0 Å². The first-order chi connectivity index (χ1) is 6.85. The molecule has 2 N–H and O–H groups in total. The first-order valence-electron chi connectivity index (χ1n) is 4.48. The Morgan fingerprint density at radius 3 is 2.86 bits per heavy atom. The van der Waals surface area contributed by atoms with E-state index in [1.54, 1.807) is 7.11 Å². The Bertz CT molecular complexity index is 454. The largest absolute Gasteiger partial charge is 0.496 e. The third-order valence-corrected chi connectivity index (χ3v) is 2.16. The number of rotatable bonds is 2. The van der Waals surface area contributed by atoms with Gasteiger partial charge >= 0.3 is 0 Å². The number of aromatic nitrogens is 1. The van der Waals surface area contributed by atoms with E-state index in [4.69, 9.17) is 10.5 Å². The van der Waals surface area contributed by atoms with E-state index < -0.39 is 0 Å². The third kappa shape index (κ3) is 1.42. The number of hydrogen-bond acceptors (Lipinski definition) is 3. The van der Waals surface area contributed by atoms with Gasteiger partial charge in [0.1, 0.15) is 5.75 Å². The number of hydrogen-bond donors (Lipinski definition) is 1. The molecule has 1 aromatic carbocycles. The number of para-hydroxylation sites is 1. The summed E-state index contributed by atoms with van der Waals surface area (Å²) < 4.78 is 5.27. The molecule has 0 unspecified atom stereocenters. The molecule has 3 nitrogen and oxygen atoms in total. The molecule has 0 saturated carbocycles. The Hall–Kier alpha value is -1.61. The maximum absolute atomic E-state index is 5.55. The second-order valence-corrected chi connectivity index (χ2v) is 3.04. The van der Waals surface area contributed by atoms with E-state index >= 15 is 0 Å². The number of benzene rings is 1. The van der Waals surface area contributed by atoms with Gasteiger partial charge in [-0.3, -0.25) is 4.98 Å². The summed E-state index contributed by atoms with van der Waals surface area (Å²) in [7, 11) is 1.65. The van der Waals surface area contributed by atoms with Gasteiger partial charge in [0.2, 0.25) is 0 Å². The van der Waals surface area contributed by atoms with Crippen LogP contribution in [-0.4, -0.2) is 12.1 Å². The molecule has 0 atom stereocenters. The molecule has 0 spiro atoms. The minimum Gasteiger partial charge on any atom is -0.496 e. The highest BCUT2D eigenvalue weighted by atomic mass is 16.5. The fourth-order valence-electron chi connectivity index (χ4n) is 1.47. The van der Waals surface area contributed by atoms with Gasteiger partial charge in [0.15, 0.2) is 0 Å². The van der Waals surface area contributed by atoms with Crippen molar-refractivity contribution in [3.63, 3.8) is 0 Å². The number of nitrogens with two attached hydrogens (primary N) is 1. The normalized spacial score (nSPS) is 10.4. The summed E-state index contributed by atoms with van der Waals surface area (Å²) in [6.07, 6.45) is 0. The van der Waals surface area contributed by atoms with E-state index in [0.29, 0.717) is 6.54 Å². The highest BCUT2D eigenvalue weighted by Crippen LogP contribution is 2.24. The van der Waals surface area contributed by atoms with E-state index in [2.05, 4.69) is 4.98 Å². The Kier molecular flexibility index (Phi) is 2.33. The van der Waals surface area contributed by atoms with Crippen LogP contribution in [0.1, 0.15) is 5.69 Å². The standard InChI is InChI=1S/C11H12N2O/c1-14-11-6-8(7-12)13-10-5-3-2-4-9(10)11/h2-6H,7,12H2,1H3. The van der Waals surface area contributed by atoms with Gasteiger partial charge < -0.3 is 10.5 Å². The summed E-state index contributed by atoms with van der Waals surface area (Å²) in [5.74, 6) is 0.830. The van der Waals surface area contributed by atoms with Gasteiger partial charge in [-0.1, -0.05) is 12.1 Å². The van der Waals surface area contributed by atoms with E-state index in [1.165, 1.54) is 0 Å². The van der Waals surface area contributed by atoms with Gasteiger partial charge in [-0.25, -0.2) is 0 Å². The van der Waals surface area contributed by atoms with E-state index in [0.717, 1.165) is 22.3 Å². The Morgan fingerprint density at radius 2 is 2.14 bits per heavy atom. The number of nitrogens with zero attached hydrogens (tertiary/aromatic N) is 1. The van der Waals surface area contributed by atoms with Gasteiger partial charge in [0.05, 0.1) is 18.3 Å². The van der Waals surface area contributed by atoms with Gasteiger partial charge in [-0.05, 0) is 12.1 Å². The molecule has 0 bridgehead atoms. The maximum atomic E-state index is 5.55. The second kappa shape index (κ2) is 3.64. The lowest BCUT2D eigenvalue weighted by Gasteiger charge is -2.06. The topological polar surface area (TPSA) is 48.1 Å². The van der Waals surface area contributed by atoms with Crippen LogP contribution in [0.2, 0.25) is 0 Å². The van der Waals surface area contributed by atoms with E-state index in [1.807, 2.05) is 30.3 Å².